The lowest BCUT2D eigenvalue weighted by molar-refractivity contribution is -0.148. The Kier molecular flexibility index (Phi) is 4.97. The first-order valence-corrected chi connectivity index (χ1v) is 9.64. The van der Waals surface area contributed by atoms with Gasteiger partial charge in [0.2, 0.25) is 5.91 Å². The van der Waals surface area contributed by atoms with Crippen LogP contribution >= 0.6 is 0 Å². The summed E-state index contributed by atoms with van der Waals surface area (Å²) in [4.78, 5) is 37.7. The number of carboxylic acid groups (broad SMARTS) is 1. The van der Waals surface area contributed by atoms with Crippen molar-refractivity contribution >= 4 is 23.5 Å². The molecule has 28 heavy (non-hydrogen) atoms. The molecule has 2 amide bonds. The number of amides is 2. The summed E-state index contributed by atoms with van der Waals surface area (Å²) in [5.74, 6) is -0.602. The van der Waals surface area contributed by atoms with Crippen LogP contribution in [-0.4, -0.2) is 59.7 Å². The van der Waals surface area contributed by atoms with Crippen LogP contribution in [0.25, 0.3) is 0 Å². The molecule has 1 aromatic rings. The largest absolute Gasteiger partial charge is 0.490 e. The molecule has 0 radical (unpaired) electrons. The number of carbonyl (C=O) groups excluding carboxylic acids is 2. The fourth-order valence-electron chi connectivity index (χ4n) is 3.89. The molecule has 2 fully saturated rings. The topological polar surface area (TPSA) is 105 Å². The van der Waals surface area contributed by atoms with Crippen LogP contribution in [-0.2, 0) is 14.3 Å². The van der Waals surface area contributed by atoms with Crippen LogP contribution in [0.15, 0.2) is 18.2 Å². The third-order valence-corrected chi connectivity index (χ3v) is 5.63. The molecule has 2 heterocycles. The molecule has 2 N–H and O–H groups in total. The Balaban J connectivity index is 1.53. The molecule has 1 aromatic carbocycles. The number of benzene rings is 1. The third-order valence-electron chi connectivity index (χ3n) is 5.63. The van der Waals surface area contributed by atoms with E-state index in [9.17, 15) is 14.4 Å². The molecule has 0 bridgehead atoms. The Bertz CT molecular complexity index is 806. The number of carbonyl (C=O) groups is 3. The van der Waals surface area contributed by atoms with Crippen molar-refractivity contribution in [1.29, 1.82) is 0 Å². The van der Waals surface area contributed by atoms with Crippen molar-refractivity contribution in [1.82, 2.24) is 4.90 Å². The molecule has 0 aromatic heterocycles. The predicted molar refractivity (Wildman–Crippen MR) is 99.3 cm³/mol. The van der Waals surface area contributed by atoms with E-state index in [0.29, 0.717) is 29.8 Å². The van der Waals surface area contributed by atoms with E-state index < -0.39 is 5.97 Å². The van der Waals surface area contributed by atoms with E-state index in [0.717, 1.165) is 12.8 Å². The van der Waals surface area contributed by atoms with Crippen molar-refractivity contribution < 1.29 is 29.0 Å². The van der Waals surface area contributed by atoms with Crippen molar-refractivity contribution in [2.75, 3.05) is 19.0 Å². The number of aliphatic carboxylic acids is 1. The highest BCUT2D eigenvalue weighted by molar-refractivity contribution is 6.00. The van der Waals surface area contributed by atoms with Gasteiger partial charge >= 0.3 is 5.97 Å². The first kappa shape index (κ1) is 18.7. The number of rotatable bonds is 4. The van der Waals surface area contributed by atoms with E-state index in [-0.39, 0.29) is 49.0 Å². The zero-order chi connectivity index (χ0) is 19.8. The van der Waals surface area contributed by atoms with Gasteiger partial charge in [0, 0.05) is 18.7 Å². The number of nitrogens with zero attached hydrogens (tertiary/aromatic N) is 1. The number of hydrogen-bond acceptors (Lipinski definition) is 5. The van der Waals surface area contributed by atoms with Crippen molar-refractivity contribution in [2.45, 2.75) is 50.4 Å². The van der Waals surface area contributed by atoms with Crippen LogP contribution in [0.3, 0.4) is 0 Å². The van der Waals surface area contributed by atoms with Crippen molar-refractivity contribution in [3.05, 3.63) is 23.8 Å². The van der Waals surface area contributed by atoms with E-state index >= 15 is 0 Å². The maximum absolute atomic E-state index is 13.1. The summed E-state index contributed by atoms with van der Waals surface area (Å²) in [5.41, 5.74) is 0.988. The molecule has 150 valence electrons. The summed E-state index contributed by atoms with van der Waals surface area (Å²) in [7, 11) is 1.73. The van der Waals surface area contributed by atoms with Crippen LogP contribution in [0, 0.1) is 5.92 Å². The van der Waals surface area contributed by atoms with E-state index in [4.69, 9.17) is 14.6 Å². The summed E-state index contributed by atoms with van der Waals surface area (Å²) in [6, 6.07) is 4.88. The molecule has 2 aliphatic heterocycles. The van der Waals surface area contributed by atoms with E-state index in [1.807, 2.05) is 0 Å². The monoisotopic (exact) mass is 388 g/mol. The normalized spacial score (nSPS) is 27.0. The van der Waals surface area contributed by atoms with Gasteiger partial charge in [-0.25, -0.2) is 0 Å². The van der Waals surface area contributed by atoms with Crippen LogP contribution in [0.5, 0.6) is 5.75 Å². The molecule has 4 rings (SSSR count). The lowest BCUT2D eigenvalue weighted by Gasteiger charge is -2.42. The van der Waals surface area contributed by atoms with Gasteiger partial charge in [0.15, 0.2) is 0 Å². The standard InChI is InChI=1S/C20H24N2O6/c1-22-15-6-5-13(9-18(23)24)28-17(15)10-27-16-7-4-12(8-14(16)20(22)26)21-19(25)11-2-3-11/h4,7-8,11,13,15,17H,2-3,5-6,9-10H2,1H3,(H,21,25)(H,23,24)/t13-,15+,17+/m1/s1. The molecular weight excluding hydrogens is 364 g/mol. The summed E-state index contributed by atoms with van der Waals surface area (Å²) in [6.45, 7) is 0.235. The maximum atomic E-state index is 13.1. The first-order chi connectivity index (χ1) is 13.4. The molecule has 8 heteroatoms. The molecule has 0 unspecified atom stereocenters. The Labute approximate surface area is 162 Å². The average Bonchev–Trinajstić information content (AvgIpc) is 3.50. The molecule has 0 spiro atoms. The van der Waals surface area contributed by atoms with Gasteiger partial charge in [0.1, 0.15) is 18.5 Å². The number of anilines is 1. The first-order valence-electron chi connectivity index (χ1n) is 9.64. The Morgan fingerprint density at radius 1 is 1.25 bits per heavy atom. The number of nitrogens with one attached hydrogen (secondary N) is 1. The second kappa shape index (κ2) is 7.43. The molecule has 1 aliphatic carbocycles. The zero-order valence-corrected chi connectivity index (χ0v) is 15.7. The highest BCUT2D eigenvalue weighted by Gasteiger charge is 2.39. The van der Waals surface area contributed by atoms with Gasteiger partial charge in [-0.3, -0.25) is 14.4 Å². The second-order valence-corrected chi connectivity index (χ2v) is 7.74. The lowest BCUT2D eigenvalue weighted by atomic mass is 9.94. The fraction of sp³-hybridized carbons (Fsp3) is 0.550. The molecule has 3 aliphatic rings. The minimum Gasteiger partial charge on any atom is -0.490 e. The number of ether oxygens (including phenoxy) is 2. The van der Waals surface area contributed by atoms with Gasteiger partial charge in [-0.2, -0.15) is 0 Å². The van der Waals surface area contributed by atoms with Crippen LogP contribution in [0.4, 0.5) is 5.69 Å². The van der Waals surface area contributed by atoms with Crippen LogP contribution < -0.4 is 10.1 Å². The number of fused-ring (bicyclic) bond motifs is 2. The predicted octanol–water partition coefficient (Wildman–Crippen LogP) is 1.89. The van der Waals surface area contributed by atoms with Crippen molar-refractivity contribution in [3.63, 3.8) is 0 Å². The highest BCUT2D eigenvalue weighted by Crippen LogP contribution is 2.34. The maximum Gasteiger partial charge on any atom is 0.305 e. The molecule has 3 atom stereocenters. The molecule has 1 saturated heterocycles. The van der Waals surface area contributed by atoms with Gasteiger partial charge < -0.3 is 24.8 Å². The summed E-state index contributed by atoms with van der Waals surface area (Å²) >= 11 is 0. The van der Waals surface area contributed by atoms with E-state index in [2.05, 4.69) is 5.32 Å². The Morgan fingerprint density at radius 3 is 2.75 bits per heavy atom. The van der Waals surface area contributed by atoms with Crippen LogP contribution in [0.1, 0.15) is 42.5 Å². The highest BCUT2D eigenvalue weighted by atomic mass is 16.5. The number of hydrogen-bond donors (Lipinski definition) is 2. The van der Waals surface area contributed by atoms with Gasteiger partial charge in [0.25, 0.3) is 5.91 Å². The van der Waals surface area contributed by atoms with Gasteiger partial charge in [-0.05, 0) is 43.9 Å². The molecule has 8 nitrogen and oxygen atoms in total. The number of likely N-dealkylation sites (N-methyl/N-ethyl adjacent to an activating group) is 1. The third kappa shape index (κ3) is 3.82. The smallest absolute Gasteiger partial charge is 0.305 e. The van der Waals surface area contributed by atoms with Gasteiger partial charge in [-0.15, -0.1) is 0 Å². The number of carboxylic acids is 1. The molecular formula is C20H24N2O6. The van der Waals surface area contributed by atoms with Gasteiger partial charge in [0.05, 0.1) is 24.1 Å². The average molecular weight is 388 g/mol. The van der Waals surface area contributed by atoms with Crippen molar-refractivity contribution in [2.24, 2.45) is 5.92 Å². The van der Waals surface area contributed by atoms with Crippen molar-refractivity contribution in [3.8, 4) is 5.75 Å². The van der Waals surface area contributed by atoms with Gasteiger partial charge in [-0.1, -0.05) is 0 Å². The summed E-state index contributed by atoms with van der Waals surface area (Å²) in [5, 5.41) is 11.9. The molecule has 1 saturated carbocycles. The Morgan fingerprint density at radius 2 is 2.04 bits per heavy atom. The minimum atomic E-state index is -0.897. The zero-order valence-electron chi connectivity index (χ0n) is 15.7. The summed E-state index contributed by atoms with van der Waals surface area (Å²) < 4.78 is 11.8. The Hall–Kier alpha value is -2.61. The minimum absolute atomic E-state index is 0.0160. The summed E-state index contributed by atoms with van der Waals surface area (Å²) in [6.07, 6.45) is 2.25. The van der Waals surface area contributed by atoms with Crippen LogP contribution in [0.2, 0.25) is 0 Å². The fourth-order valence-corrected chi connectivity index (χ4v) is 3.89. The lowest BCUT2D eigenvalue weighted by Crippen LogP contribution is -2.53. The van der Waals surface area contributed by atoms with E-state index in [1.54, 1.807) is 30.1 Å². The quantitative estimate of drug-likeness (QED) is 0.816. The second-order valence-electron chi connectivity index (χ2n) is 7.74. The SMILES string of the molecule is CN1C(=O)c2cc(NC(=O)C3CC3)ccc2OC[C@@H]2O[C@@H](CC(=O)O)CC[C@@H]21. The van der Waals surface area contributed by atoms with E-state index in [1.165, 1.54) is 0 Å².